The van der Waals surface area contributed by atoms with Crippen LogP contribution in [-0.4, -0.2) is 36.5 Å². The molecular weight excluding hydrogens is 301 g/mol. The van der Waals surface area contributed by atoms with Gasteiger partial charge >= 0.3 is 18.0 Å². The maximum absolute atomic E-state index is 12.3. The zero-order chi connectivity index (χ0) is 16.2. The van der Waals surface area contributed by atoms with E-state index in [1.165, 1.54) is 0 Å². The predicted octanol–water partition coefficient (Wildman–Crippen LogP) is 1.61. The van der Waals surface area contributed by atoms with E-state index in [1.807, 2.05) is 0 Å². The molecule has 1 aromatic rings. The van der Waals surface area contributed by atoms with Gasteiger partial charge in [0, 0.05) is 0 Å². The van der Waals surface area contributed by atoms with Gasteiger partial charge in [-0.1, -0.05) is 0 Å². The molecule has 0 saturated carbocycles. The number of methoxy groups -OCH3 is 2. The van der Waals surface area contributed by atoms with E-state index in [0.717, 1.165) is 14.2 Å². The normalized spacial score (nSPS) is 10.9. The second kappa shape index (κ2) is 6.24. The van der Waals surface area contributed by atoms with Gasteiger partial charge in [0.05, 0.1) is 37.3 Å². The molecule has 0 aliphatic heterocycles. The molecule has 0 fully saturated rings. The minimum atomic E-state index is -5.10. The van der Waals surface area contributed by atoms with Gasteiger partial charge in [0.1, 0.15) is 0 Å². The first-order valence-electron chi connectivity index (χ1n) is 5.22. The first-order valence-corrected chi connectivity index (χ1v) is 5.22. The van der Waals surface area contributed by atoms with Gasteiger partial charge in [-0.2, -0.15) is 0 Å². The first kappa shape index (κ1) is 16.5. The van der Waals surface area contributed by atoms with Gasteiger partial charge in [-0.3, -0.25) is 14.9 Å². The summed E-state index contributed by atoms with van der Waals surface area (Å²) in [4.78, 5) is 24.6. The van der Waals surface area contributed by atoms with Gasteiger partial charge in [-0.15, -0.1) is 13.2 Å². The van der Waals surface area contributed by atoms with Crippen molar-refractivity contribution < 1.29 is 37.1 Å². The number of aromatic nitrogens is 1. The van der Waals surface area contributed by atoms with E-state index >= 15 is 0 Å². The third-order valence-electron chi connectivity index (χ3n) is 2.24. The van der Waals surface area contributed by atoms with Crippen molar-refractivity contribution in [3.8, 4) is 11.6 Å². The zero-order valence-corrected chi connectivity index (χ0v) is 10.8. The number of hydrogen-bond acceptors (Lipinski definition) is 7. The number of alkyl halides is 3. The third-order valence-corrected chi connectivity index (χ3v) is 2.24. The van der Waals surface area contributed by atoms with Crippen molar-refractivity contribution >= 4 is 11.7 Å². The molecule has 8 nitrogen and oxygen atoms in total. The minimum Gasteiger partial charge on any atom is -0.476 e. The Bertz CT molecular complexity index is 560. The van der Waals surface area contributed by atoms with Crippen LogP contribution in [0, 0.1) is 10.1 Å². The number of ether oxygens (including phenoxy) is 3. The van der Waals surface area contributed by atoms with Crippen LogP contribution in [0.3, 0.4) is 0 Å². The van der Waals surface area contributed by atoms with Crippen LogP contribution in [0.1, 0.15) is 5.56 Å². The zero-order valence-electron chi connectivity index (χ0n) is 10.8. The predicted molar refractivity (Wildman–Crippen MR) is 59.8 cm³/mol. The Hall–Kier alpha value is -2.59. The van der Waals surface area contributed by atoms with E-state index in [2.05, 4.69) is 19.2 Å². The number of carbonyl (C=O) groups is 1. The fourth-order valence-electron chi connectivity index (χ4n) is 1.44. The second-order valence-corrected chi connectivity index (χ2v) is 3.52. The fourth-order valence-corrected chi connectivity index (χ4v) is 1.44. The van der Waals surface area contributed by atoms with Gasteiger partial charge in [0.25, 0.3) is 5.88 Å². The Morgan fingerprint density at radius 3 is 2.48 bits per heavy atom. The van der Waals surface area contributed by atoms with Gasteiger partial charge in [0.2, 0.25) is 0 Å². The quantitative estimate of drug-likeness (QED) is 0.462. The van der Waals surface area contributed by atoms with Gasteiger partial charge in [-0.05, 0) is 0 Å². The number of carbonyl (C=O) groups excluding carboxylic acids is 1. The molecule has 0 spiro atoms. The number of nitrogens with zero attached hydrogens (tertiary/aromatic N) is 2. The smallest absolute Gasteiger partial charge is 0.476 e. The van der Waals surface area contributed by atoms with Crippen molar-refractivity contribution in [3.63, 3.8) is 0 Å². The van der Waals surface area contributed by atoms with Crippen molar-refractivity contribution in [2.24, 2.45) is 0 Å². The molecular formula is C10H9F3N2O6. The van der Waals surface area contributed by atoms with Crippen LogP contribution in [0.5, 0.6) is 11.6 Å². The highest BCUT2D eigenvalue weighted by molar-refractivity contribution is 5.76. The highest BCUT2D eigenvalue weighted by Gasteiger charge is 2.36. The summed E-state index contributed by atoms with van der Waals surface area (Å²) in [5.41, 5.74) is -1.54. The van der Waals surface area contributed by atoms with Gasteiger partial charge in [-0.25, -0.2) is 4.98 Å². The van der Waals surface area contributed by atoms with Crippen LogP contribution in [0.25, 0.3) is 0 Å². The largest absolute Gasteiger partial charge is 0.573 e. The lowest BCUT2D eigenvalue weighted by molar-refractivity contribution is -0.387. The summed E-state index contributed by atoms with van der Waals surface area (Å²) in [6, 6.07) is 0. The minimum absolute atomic E-state index is 0.548. The van der Waals surface area contributed by atoms with Crippen LogP contribution in [-0.2, 0) is 16.0 Å². The molecule has 0 aromatic carbocycles. The first-order chi connectivity index (χ1) is 9.69. The number of halogens is 3. The molecule has 116 valence electrons. The second-order valence-electron chi connectivity index (χ2n) is 3.52. The summed E-state index contributed by atoms with van der Waals surface area (Å²) in [6.07, 6.45) is -5.33. The lowest BCUT2D eigenvalue weighted by atomic mass is 10.1. The molecule has 0 amide bonds. The molecule has 0 radical (unpaired) electrons. The SMILES string of the molecule is COC(=O)Cc1c(OC(F)(F)F)cnc(OC)c1[N+](=O)[O-]. The van der Waals surface area contributed by atoms with Crippen LogP contribution in [0.15, 0.2) is 6.20 Å². The summed E-state index contributed by atoms with van der Waals surface area (Å²) in [6.45, 7) is 0. The van der Waals surface area contributed by atoms with Crippen LogP contribution in [0.4, 0.5) is 18.9 Å². The number of rotatable bonds is 5. The summed E-state index contributed by atoms with van der Waals surface area (Å²) in [5.74, 6) is -2.51. The Kier molecular flexibility index (Phi) is 4.89. The van der Waals surface area contributed by atoms with E-state index in [4.69, 9.17) is 0 Å². The molecule has 11 heteroatoms. The molecule has 0 N–H and O–H groups in total. The average Bonchev–Trinajstić information content (AvgIpc) is 2.38. The van der Waals surface area contributed by atoms with Crippen LogP contribution < -0.4 is 9.47 Å². The Morgan fingerprint density at radius 2 is 2.05 bits per heavy atom. The van der Waals surface area contributed by atoms with Crippen molar-refractivity contribution in [1.29, 1.82) is 0 Å². The van der Waals surface area contributed by atoms with E-state index in [0.29, 0.717) is 6.20 Å². The molecule has 21 heavy (non-hydrogen) atoms. The van der Waals surface area contributed by atoms with E-state index in [9.17, 15) is 28.1 Å². The fraction of sp³-hybridized carbons (Fsp3) is 0.400. The summed E-state index contributed by atoms with van der Waals surface area (Å²) in [5, 5.41) is 11.0. The molecule has 1 aromatic heterocycles. The molecule has 1 rings (SSSR count). The third kappa shape index (κ3) is 4.19. The monoisotopic (exact) mass is 310 g/mol. The molecule has 0 aliphatic carbocycles. The Labute approximate surface area is 115 Å². The molecule has 0 saturated heterocycles. The lowest BCUT2D eigenvalue weighted by Gasteiger charge is -2.13. The van der Waals surface area contributed by atoms with E-state index in [-0.39, 0.29) is 0 Å². The number of pyridine rings is 1. The van der Waals surface area contributed by atoms with Crippen molar-refractivity contribution in [3.05, 3.63) is 21.9 Å². The number of esters is 1. The highest BCUT2D eigenvalue weighted by Crippen LogP contribution is 2.37. The summed E-state index contributed by atoms with van der Waals surface area (Å²) < 4.78 is 49.4. The van der Waals surface area contributed by atoms with Crippen molar-refractivity contribution in [2.75, 3.05) is 14.2 Å². The molecule has 1 heterocycles. The molecule has 0 unspecified atom stereocenters. The Morgan fingerprint density at radius 1 is 1.43 bits per heavy atom. The van der Waals surface area contributed by atoms with E-state index < -0.39 is 46.6 Å². The van der Waals surface area contributed by atoms with E-state index in [1.54, 1.807) is 0 Å². The maximum atomic E-state index is 12.3. The van der Waals surface area contributed by atoms with Crippen LogP contribution >= 0.6 is 0 Å². The molecule has 0 aliphatic rings. The number of hydrogen-bond donors (Lipinski definition) is 0. The number of nitro groups is 1. The Balaban J connectivity index is 3.46. The summed E-state index contributed by atoms with van der Waals surface area (Å²) in [7, 11) is 2.03. The maximum Gasteiger partial charge on any atom is 0.573 e. The van der Waals surface area contributed by atoms with Gasteiger partial charge in [0.15, 0.2) is 5.75 Å². The lowest BCUT2D eigenvalue weighted by Crippen LogP contribution is -2.20. The van der Waals surface area contributed by atoms with Gasteiger partial charge < -0.3 is 14.2 Å². The summed E-state index contributed by atoms with van der Waals surface area (Å²) >= 11 is 0. The molecule has 0 atom stereocenters. The average molecular weight is 310 g/mol. The highest BCUT2D eigenvalue weighted by atomic mass is 19.4. The molecule has 0 bridgehead atoms. The van der Waals surface area contributed by atoms with Crippen LogP contribution in [0.2, 0.25) is 0 Å². The topological polar surface area (TPSA) is 101 Å². The van der Waals surface area contributed by atoms with Crippen molar-refractivity contribution in [2.45, 2.75) is 12.8 Å². The standard InChI is InChI=1S/C10H9F3N2O6/c1-19-7(16)3-5-6(21-10(11,12)13)4-14-9(20-2)8(5)15(17)18/h4H,3H2,1-2H3. The van der Waals surface area contributed by atoms with Crippen molar-refractivity contribution in [1.82, 2.24) is 4.98 Å².